The lowest BCUT2D eigenvalue weighted by molar-refractivity contribution is 0.174. The number of anilines is 1. The van der Waals surface area contributed by atoms with Gasteiger partial charge in [0.1, 0.15) is 5.75 Å². The molecule has 0 spiro atoms. The van der Waals surface area contributed by atoms with Gasteiger partial charge < -0.3 is 19.5 Å². The zero-order valence-corrected chi connectivity index (χ0v) is 13.5. The molecule has 0 amide bonds. The molecule has 25 heavy (non-hydrogen) atoms. The second-order valence-corrected chi connectivity index (χ2v) is 5.68. The minimum atomic E-state index is -0.494. The maximum atomic E-state index is 12.0. The van der Waals surface area contributed by atoms with Gasteiger partial charge in [-0.15, -0.1) is 0 Å². The van der Waals surface area contributed by atoms with E-state index >= 15 is 0 Å². The Kier molecular flexibility index (Phi) is 3.65. The Morgan fingerprint density at radius 2 is 1.76 bits per heavy atom. The molecule has 6 heteroatoms. The van der Waals surface area contributed by atoms with Gasteiger partial charge in [-0.05, 0) is 35.4 Å². The molecule has 0 unspecified atom stereocenters. The molecule has 3 aromatic carbocycles. The molecule has 4 rings (SSSR count). The van der Waals surface area contributed by atoms with Gasteiger partial charge in [0, 0.05) is 6.54 Å². The molecule has 0 saturated heterocycles. The van der Waals surface area contributed by atoms with Crippen molar-refractivity contribution in [2.45, 2.75) is 6.54 Å². The summed E-state index contributed by atoms with van der Waals surface area (Å²) in [5.41, 5.74) is 1.41. The zero-order chi connectivity index (χ0) is 17.4. The number of nitrogens with one attached hydrogen (secondary N) is 1. The quantitative estimate of drug-likeness (QED) is 0.720. The van der Waals surface area contributed by atoms with Crippen molar-refractivity contribution in [2.75, 3.05) is 19.2 Å². The van der Waals surface area contributed by atoms with E-state index in [9.17, 15) is 9.59 Å². The first-order valence-corrected chi connectivity index (χ1v) is 7.77. The van der Waals surface area contributed by atoms with Gasteiger partial charge in [0.2, 0.25) is 17.7 Å². The van der Waals surface area contributed by atoms with Crippen LogP contribution in [0.4, 0.5) is 5.69 Å². The summed E-state index contributed by atoms with van der Waals surface area (Å²) < 4.78 is 15.7. The molecule has 1 heterocycles. The smallest absolute Gasteiger partial charge is 0.250 e. The average Bonchev–Trinajstić information content (AvgIpc) is 3.12. The number of ether oxygens (including phenoxy) is 3. The Bertz CT molecular complexity index is 1000. The summed E-state index contributed by atoms with van der Waals surface area (Å²) in [6, 6.07) is 12.6. The van der Waals surface area contributed by atoms with E-state index in [1.165, 1.54) is 0 Å². The highest BCUT2D eigenvalue weighted by Crippen LogP contribution is 2.33. The molecular formula is C19H15NO5. The van der Waals surface area contributed by atoms with Crippen LogP contribution in [-0.2, 0) is 6.54 Å². The fourth-order valence-corrected chi connectivity index (χ4v) is 2.83. The van der Waals surface area contributed by atoms with Crippen molar-refractivity contribution in [3.8, 4) is 28.4 Å². The largest absolute Gasteiger partial charge is 0.497 e. The van der Waals surface area contributed by atoms with E-state index < -0.39 is 10.9 Å². The standard InChI is InChI=1S/C19H15NO5/c1-23-13-5-3-12(4-6-13)16-17(19(22)18(16)21)20-9-11-2-7-14-15(8-11)25-10-24-14/h2-8,20H,9-10H2,1H3. The molecule has 0 saturated carbocycles. The zero-order valence-electron chi connectivity index (χ0n) is 13.5. The Morgan fingerprint density at radius 3 is 2.52 bits per heavy atom. The number of fused-ring (bicyclic) bond motifs is 1. The van der Waals surface area contributed by atoms with Crippen molar-refractivity contribution in [3.63, 3.8) is 0 Å². The van der Waals surface area contributed by atoms with Gasteiger partial charge in [0.05, 0.1) is 18.4 Å². The number of hydrogen-bond acceptors (Lipinski definition) is 6. The van der Waals surface area contributed by atoms with E-state index in [4.69, 9.17) is 14.2 Å². The van der Waals surface area contributed by atoms with E-state index in [-0.39, 0.29) is 6.79 Å². The molecule has 0 aliphatic carbocycles. The topological polar surface area (TPSA) is 73.9 Å². The third-order valence-corrected chi connectivity index (χ3v) is 4.20. The molecular weight excluding hydrogens is 322 g/mol. The van der Waals surface area contributed by atoms with Crippen molar-refractivity contribution in [1.29, 1.82) is 0 Å². The fourth-order valence-electron chi connectivity index (χ4n) is 2.83. The van der Waals surface area contributed by atoms with Crippen LogP contribution in [0.15, 0.2) is 52.1 Å². The molecule has 6 nitrogen and oxygen atoms in total. The summed E-state index contributed by atoms with van der Waals surface area (Å²) in [5.74, 6) is 2.08. The summed E-state index contributed by atoms with van der Waals surface area (Å²) in [5, 5.41) is 3.07. The second-order valence-electron chi connectivity index (χ2n) is 5.68. The van der Waals surface area contributed by atoms with Crippen molar-refractivity contribution >= 4 is 5.69 Å². The van der Waals surface area contributed by atoms with E-state index in [1.807, 2.05) is 18.2 Å². The molecule has 1 aliphatic heterocycles. The maximum Gasteiger partial charge on any atom is 0.250 e. The van der Waals surface area contributed by atoms with Gasteiger partial charge >= 0.3 is 0 Å². The molecule has 1 aliphatic rings. The lowest BCUT2D eigenvalue weighted by Crippen LogP contribution is -2.36. The number of methoxy groups -OCH3 is 1. The third-order valence-electron chi connectivity index (χ3n) is 4.20. The summed E-state index contributed by atoms with van der Waals surface area (Å²) in [4.78, 5) is 23.9. The maximum absolute atomic E-state index is 12.0. The average molecular weight is 337 g/mol. The van der Waals surface area contributed by atoms with Crippen molar-refractivity contribution in [3.05, 3.63) is 68.5 Å². The van der Waals surface area contributed by atoms with Crippen molar-refractivity contribution in [2.24, 2.45) is 0 Å². The number of rotatable bonds is 5. The van der Waals surface area contributed by atoms with E-state index in [0.717, 1.165) is 5.56 Å². The minimum absolute atomic E-state index is 0.214. The van der Waals surface area contributed by atoms with Crippen LogP contribution in [0.2, 0.25) is 0 Å². The number of hydrogen-bond donors (Lipinski definition) is 1. The molecule has 0 bridgehead atoms. The third kappa shape index (κ3) is 2.61. The van der Waals surface area contributed by atoms with Crippen LogP contribution in [0.3, 0.4) is 0 Å². The monoisotopic (exact) mass is 337 g/mol. The highest BCUT2D eigenvalue weighted by atomic mass is 16.7. The summed E-state index contributed by atoms with van der Waals surface area (Å²) in [7, 11) is 1.57. The van der Waals surface area contributed by atoms with Crippen LogP contribution in [0, 0.1) is 0 Å². The van der Waals surface area contributed by atoms with Gasteiger partial charge in [0.25, 0.3) is 0 Å². The van der Waals surface area contributed by atoms with Gasteiger partial charge in [-0.1, -0.05) is 18.2 Å². The van der Waals surface area contributed by atoms with Gasteiger partial charge in [-0.3, -0.25) is 9.59 Å². The molecule has 1 N–H and O–H groups in total. The van der Waals surface area contributed by atoms with Crippen molar-refractivity contribution in [1.82, 2.24) is 0 Å². The van der Waals surface area contributed by atoms with Gasteiger partial charge in [0.15, 0.2) is 11.5 Å². The molecule has 0 atom stereocenters. The fraction of sp³-hybridized carbons (Fsp3) is 0.158. The summed E-state index contributed by atoms with van der Waals surface area (Å²) in [6.07, 6.45) is 0. The number of benzene rings is 2. The Labute approximate surface area is 143 Å². The Hall–Kier alpha value is -3.28. The summed E-state index contributed by atoms with van der Waals surface area (Å²) in [6.45, 7) is 0.622. The Morgan fingerprint density at radius 1 is 1.00 bits per heavy atom. The molecule has 0 radical (unpaired) electrons. The highest BCUT2D eigenvalue weighted by Gasteiger charge is 2.22. The first-order valence-electron chi connectivity index (χ1n) is 7.77. The highest BCUT2D eigenvalue weighted by molar-refractivity contribution is 5.82. The van der Waals surface area contributed by atoms with E-state index in [2.05, 4.69) is 5.32 Å². The van der Waals surface area contributed by atoms with Crippen molar-refractivity contribution < 1.29 is 14.2 Å². The van der Waals surface area contributed by atoms with Gasteiger partial charge in [-0.25, -0.2) is 0 Å². The molecule has 126 valence electrons. The summed E-state index contributed by atoms with van der Waals surface area (Å²) >= 11 is 0. The van der Waals surface area contributed by atoms with Crippen LogP contribution in [-0.4, -0.2) is 13.9 Å². The predicted molar refractivity (Wildman–Crippen MR) is 93.2 cm³/mol. The first-order chi connectivity index (χ1) is 12.2. The van der Waals surface area contributed by atoms with Crippen LogP contribution in [0.25, 0.3) is 11.1 Å². The van der Waals surface area contributed by atoms with Crippen LogP contribution >= 0.6 is 0 Å². The Balaban J connectivity index is 1.56. The molecule has 0 aromatic heterocycles. The minimum Gasteiger partial charge on any atom is -0.497 e. The molecule has 3 aromatic rings. The second kappa shape index (κ2) is 5.98. The van der Waals surface area contributed by atoms with E-state index in [1.54, 1.807) is 31.4 Å². The molecule has 0 fully saturated rings. The van der Waals surface area contributed by atoms with Crippen LogP contribution in [0.5, 0.6) is 17.2 Å². The normalized spacial score (nSPS) is 12.4. The predicted octanol–water partition coefficient (Wildman–Crippen LogP) is 2.30. The van der Waals surface area contributed by atoms with Crippen LogP contribution < -0.4 is 30.4 Å². The lowest BCUT2D eigenvalue weighted by atomic mass is 9.98. The van der Waals surface area contributed by atoms with Gasteiger partial charge in [-0.2, -0.15) is 0 Å². The van der Waals surface area contributed by atoms with Crippen LogP contribution in [0.1, 0.15) is 5.56 Å². The lowest BCUT2D eigenvalue weighted by Gasteiger charge is -2.14. The first kappa shape index (κ1) is 15.3. The van der Waals surface area contributed by atoms with E-state index in [0.29, 0.717) is 40.6 Å². The SMILES string of the molecule is COc1ccc(-c2c(NCc3ccc4c(c3)OCO4)c(=O)c2=O)cc1.